The molecule has 0 fully saturated rings. The Hall–Kier alpha value is -2.13. The Bertz CT molecular complexity index is 634. The molecule has 1 aromatic carbocycles. The fourth-order valence-electron chi connectivity index (χ4n) is 1.54. The molecule has 0 saturated heterocycles. The van der Waals surface area contributed by atoms with Gasteiger partial charge in [-0.15, -0.1) is 0 Å². The number of carbonyl (C=O) groups excluding carboxylic acids is 1. The second-order valence-corrected chi connectivity index (χ2v) is 6.55. The van der Waals surface area contributed by atoms with Gasteiger partial charge in [-0.1, -0.05) is 11.6 Å². The zero-order valence-corrected chi connectivity index (χ0v) is 15.1. The Labute approximate surface area is 150 Å². The van der Waals surface area contributed by atoms with Crippen LogP contribution in [0.1, 0.15) is 20.8 Å². The summed E-state index contributed by atoms with van der Waals surface area (Å²) in [7, 11) is 0. The number of amides is 1. The molecule has 0 heterocycles. The number of anilines is 1. The van der Waals surface area contributed by atoms with E-state index in [1.165, 1.54) is 18.2 Å². The number of hydrogen-bond donors (Lipinski definition) is 3. The van der Waals surface area contributed by atoms with Crippen molar-refractivity contribution in [2.24, 2.45) is 0 Å². The number of alkyl carbamates (subject to hydrolysis) is 1. The van der Waals surface area contributed by atoms with Gasteiger partial charge in [-0.3, -0.25) is 10.1 Å². The number of nitro benzene ring substituents is 1. The maximum Gasteiger partial charge on any atom is 0.407 e. The maximum absolute atomic E-state index is 11.4. The summed E-state index contributed by atoms with van der Waals surface area (Å²) in [5, 5.41) is 19.4. The van der Waals surface area contributed by atoms with Crippen molar-refractivity contribution < 1.29 is 14.5 Å². The Kier molecular flexibility index (Phi) is 7.18. The lowest BCUT2D eigenvalue weighted by molar-refractivity contribution is -0.384. The molecule has 1 rings (SSSR count). The van der Waals surface area contributed by atoms with Crippen LogP contribution in [0.5, 0.6) is 0 Å². The molecule has 10 heteroatoms. The summed E-state index contributed by atoms with van der Waals surface area (Å²) in [6, 6.07) is 4.02. The number of nitro groups is 1. The number of thiocarbonyl (C=S) groups is 1. The SMILES string of the molecule is CC(C)(C)OC(=O)NCCNC(=S)Nc1ccc([N+](=O)[O-])cc1Cl. The smallest absolute Gasteiger partial charge is 0.407 e. The van der Waals surface area contributed by atoms with Crippen LogP contribution in [0.25, 0.3) is 0 Å². The Morgan fingerprint density at radius 2 is 1.96 bits per heavy atom. The summed E-state index contributed by atoms with van der Waals surface area (Å²) in [5.41, 5.74) is -0.216. The van der Waals surface area contributed by atoms with Crippen LogP contribution in [0, 0.1) is 10.1 Å². The third-order valence-electron chi connectivity index (χ3n) is 2.49. The van der Waals surface area contributed by atoms with Crippen LogP contribution in [-0.2, 0) is 4.74 Å². The Morgan fingerprint density at radius 3 is 2.50 bits per heavy atom. The van der Waals surface area contributed by atoms with Gasteiger partial charge in [0, 0.05) is 25.2 Å². The molecule has 0 unspecified atom stereocenters. The second-order valence-electron chi connectivity index (χ2n) is 5.73. The van der Waals surface area contributed by atoms with E-state index in [1.54, 1.807) is 20.8 Å². The topological polar surface area (TPSA) is 106 Å². The first-order valence-corrected chi connectivity index (χ1v) is 7.83. The molecule has 0 atom stereocenters. The first-order valence-electron chi connectivity index (χ1n) is 7.04. The van der Waals surface area contributed by atoms with Crippen molar-refractivity contribution in [3.05, 3.63) is 33.3 Å². The van der Waals surface area contributed by atoms with Gasteiger partial charge in [-0.05, 0) is 39.1 Å². The monoisotopic (exact) mass is 374 g/mol. The fraction of sp³-hybridized carbons (Fsp3) is 0.429. The minimum atomic E-state index is -0.555. The van der Waals surface area contributed by atoms with E-state index < -0.39 is 16.6 Å². The first-order chi connectivity index (χ1) is 11.1. The predicted molar refractivity (Wildman–Crippen MR) is 96.6 cm³/mol. The van der Waals surface area contributed by atoms with Gasteiger partial charge in [0.15, 0.2) is 5.11 Å². The molecule has 1 aromatic rings. The second kappa shape index (κ2) is 8.65. The van der Waals surface area contributed by atoms with Gasteiger partial charge in [-0.25, -0.2) is 4.79 Å². The Morgan fingerprint density at radius 1 is 1.33 bits per heavy atom. The zero-order valence-electron chi connectivity index (χ0n) is 13.5. The maximum atomic E-state index is 11.4. The number of carbonyl (C=O) groups is 1. The highest BCUT2D eigenvalue weighted by Gasteiger charge is 2.15. The van der Waals surface area contributed by atoms with E-state index >= 15 is 0 Å². The molecule has 0 aromatic heterocycles. The molecule has 0 saturated carbocycles. The number of halogens is 1. The van der Waals surface area contributed by atoms with E-state index in [4.69, 9.17) is 28.6 Å². The van der Waals surface area contributed by atoms with E-state index in [2.05, 4.69) is 16.0 Å². The van der Waals surface area contributed by atoms with Gasteiger partial charge in [0.25, 0.3) is 5.69 Å². The van der Waals surface area contributed by atoms with Crippen molar-refractivity contribution in [3.63, 3.8) is 0 Å². The molecule has 0 spiro atoms. The van der Waals surface area contributed by atoms with Crippen molar-refractivity contribution >= 4 is 46.4 Å². The highest BCUT2D eigenvalue weighted by Crippen LogP contribution is 2.26. The van der Waals surface area contributed by atoms with Crippen LogP contribution in [0.15, 0.2) is 18.2 Å². The molecule has 0 bridgehead atoms. The number of non-ortho nitro benzene ring substituents is 1. The van der Waals surface area contributed by atoms with Crippen molar-refractivity contribution in [1.29, 1.82) is 0 Å². The molecule has 3 N–H and O–H groups in total. The normalized spacial score (nSPS) is 10.7. The lowest BCUT2D eigenvalue weighted by Crippen LogP contribution is -2.39. The third-order valence-corrected chi connectivity index (χ3v) is 3.05. The van der Waals surface area contributed by atoms with E-state index in [-0.39, 0.29) is 15.8 Å². The summed E-state index contributed by atoms with van der Waals surface area (Å²) < 4.78 is 5.09. The van der Waals surface area contributed by atoms with Crippen LogP contribution in [0.3, 0.4) is 0 Å². The number of nitrogens with zero attached hydrogens (tertiary/aromatic N) is 1. The summed E-state index contributed by atoms with van der Waals surface area (Å²) in [4.78, 5) is 21.6. The molecule has 24 heavy (non-hydrogen) atoms. The molecule has 1 amide bonds. The summed E-state index contributed by atoms with van der Waals surface area (Å²) in [5.74, 6) is 0. The lowest BCUT2D eigenvalue weighted by atomic mass is 10.2. The number of ether oxygens (including phenoxy) is 1. The highest BCUT2D eigenvalue weighted by atomic mass is 35.5. The quantitative estimate of drug-likeness (QED) is 0.315. The molecule has 132 valence electrons. The van der Waals surface area contributed by atoms with Gasteiger partial charge < -0.3 is 20.7 Å². The fourth-order valence-corrected chi connectivity index (χ4v) is 1.97. The lowest BCUT2D eigenvalue weighted by Gasteiger charge is -2.19. The molecule has 8 nitrogen and oxygen atoms in total. The van der Waals surface area contributed by atoms with Crippen LogP contribution >= 0.6 is 23.8 Å². The number of nitrogens with one attached hydrogen (secondary N) is 3. The first kappa shape index (κ1) is 19.9. The van der Waals surface area contributed by atoms with Crippen molar-refractivity contribution in [1.82, 2.24) is 10.6 Å². The highest BCUT2D eigenvalue weighted by molar-refractivity contribution is 7.80. The molecule has 0 radical (unpaired) electrons. The molecule has 0 aliphatic heterocycles. The van der Waals surface area contributed by atoms with Crippen LogP contribution in [-0.4, -0.2) is 34.8 Å². The summed E-state index contributed by atoms with van der Waals surface area (Å²) in [6.07, 6.45) is -0.512. The van der Waals surface area contributed by atoms with Gasteiger partial charge >= 0.3 is 6.09 Å². The van der Waals surface area contributed by atoms with Crippen LogP contribution in [0.2, 0.25) is 5.02 Å². The molecule has 0 aliphatic carbocycles. The van der Waals surface area contributed by atoms with Crippen molar-refractivity contribution in [2.45, 2.75) is 26.4 Å². The van der Waals surface area contributed by atoms with Gasteiger partial charge in [0.05, 0.1) is 15.6 Å². The van der Waals surface area contributed by atoms with Gasteiger partial charge in [0.2, 0.25) is 0 Å². The Balaban J connectivity index is 2.37. The largest absolute Gasteiger partial charge is 0.444 e. The van der Waals surface area contributed by atoms with E-state index in [1.807, 2.05) is 0 Å². The molecule has 0 aliphatic rings. The molecular weight excluding hydrogens is 356 g/mol. The van der Waals surface area contributed by atoms with E-state index in [0.29, 0.717) is 18.8 Å². The number of benzene rings is 1. The van der Waals surface area contributed by atoms with Crippen molar-refractivity contribution in [3.8, 4) is 0 Å². The van der Waals surface area contributed by atoms with Crippen LogP contribution < -0.4 is 16.0 Å². The summed E-state index contributed by atoms with van der Waals surface area (Å²) in [6.45, 7) is 6.01. The van der Waals surface area contributed by atoms with E-state index in [0.717, 1.165) is 0 Å². The minimum absolute atomic E-state index is 0.106. The predicted octanol–water partition coefficient (Wildman–Crippen LogP) is 3.06. The van der Waals surface area contributed by atoms with Crippen LogP contribution in [0.4, 0.5) is 16.2 Å². The van der Waals surface area contributed by atoms with Gasteiger partial charge in [-0.2, -0.15) is 0 Å². The zero-order chi connectivity index (χ0) is 18.3. The minimum Gasteiger partial charge on any atom is -0.444 e. The average Bonchev–Trinajstić information content (AvgIpc) is 2.43. The standard InChI is InChI=1S/C14H19ClN4O4S/c1-14(2,3)23-13(20)17-7-6-16-12(24)18-11-5-4-9(19(21)22)8-10(11)15/h4-5,8H,6-7H2,1-3H3,(H,17,20)(H2,16,18,24). The van der Waals surface area contributed by atoms with Gasteiger partial charge in [0.1, 0.15) is 5.60 Å². The number of rotatable bonds is 5. The summed E-state index contributed by atoms with van der Waals surface area (Å²) >= 11 is 11.0. The van der Waals surface area contributed by atoms with Crippen molar-refractivity contribution in [2.75, 3.05) is 18.4 Å². The van der Waals surface area contributed by atoms with E-state index in [9.17, 15) is 14.9 Å². The average molecular weight is 375 g/mol. The molecular formula is C14H19ClN4O4S. The number of hydrogen-bond acceptors (Lipinski definition) is 5. The third kappa shape index (κ3) is 7.42.